The topological polar surface area (TPSA) is 76.1 Å². The van der Waals surface area contributed by atoms with Crippen LogP contribution in [0.3, 0.4) is 0 Å². The highest BCUT2D eigenvalue weighted by molar-refractivity contribution is 5.40. The number of hydrogen-bond acceptors (Lipinski definition) is 4. The van der Waals surface area contributed by atoms with E-state index in [1.54, 1.807) is 6.20 Å². The minimum Gasteiger partial charge on any atom is -0.390 e. The summed E-state index contributed by atoms with van der Waals surface area (Å²) < 4.78 is 28.5. The first-order valence-corrected chi connectivity index (χ1v) is 9.69. The number of nitrogens with zero attached hydrogens (tertiary/aromatic N) is 2. The molecule has 1 aromatic heterocycles. The molecule has 0 bridgehead atoms. The molecule has 1 fully saturated rings. The minimum atomic E-state index is -0.840. The summed E-state index contributed by atoms with van der Waals surface area (Å²) in [5.41, 5.74) is 8.44. The average Bonchev–Trinajstić information content (AvgIpc) is 3.28. The van der Waals surface area contributed by atoms with Gasteiger partial charge in [-0.2, -0.15) is 5.10 Å². The Labute approximate surface area is 168 Å². The van der Waals surface area contributed by atoms with Crippen LogP contribution in [0, 0.1) is 11.6 Å². The summed E-state index contributed by atoms with van der Waals surface area (Å²) in [5.74, 6) is -1.29. The number of benzene rings is 2. The molecule has 0 aliphatic heterocycles. The van der Waals surface area contributed by atoms with E-state index in [-0.39, 0.29) is 12.0 Å². The highest BCUT2D eigenvalue weighted by atomic mass is 19.1. The van der Waals surface area contributed by atoms with Gasteiger partial charge in [-0.05, 0) is 60.7 Å². The molecule has 0 amide bonds. The molecular formula is C22H24F2N4O. The van der Waals surface area contributed by atoms with Crippen LogP contribution in [0.15, 0.2) is 60.9 Å². The fraction of sp³-hybridized carbons (Fsp3) is 0.318. The van der Waals surface area contributed by atoms with Crippen molar-refractivity contribution in [1.82, 2.24) is 15.1 Å². The largest absolute Gasteiger partial charge is 0.390 e. The fourth-order valence-electron chi connectivity index (χ4n) is 3.65. The summed E-state index contributed by atoms with van der Waals surface area (Å²) in [6, 6.07) is 12.7. The molecule has 0 saturated heterocycles. The molecule has 2 unspecified atom stereocenters. The van der Waals surface area contributed by atoms with Crippen LogP contribution in [0.2, 0.25) is 0 Å². The number of aromatic nitrogens is 2. The van der Waals surface area contributed by atoms with Crippen LogP contribution >= 0.6 is 0 Å². The first-order valence-electron chi connectivity index (χ1n) is 9.69. The van der Waals surface area contributed by atoms with Crippen molar-refractivity contribution in [2.45, 2.75) is 36.9 Å². The first kappa shape index (κ1) is 19.7. The van der Waals surface area contributed by atoms with E-state index < -0.39 is 23.8 Å². The van der Waals surface area contributed by atoms with Crippen molar-refractivity contribution in [2.75, 3.05) is 6.54 Å². The second-order valence-electron chi connectivity index (χ2n) is 7.68. The van der Waals surface area contributed by atoms with Crippen molar-refractivity contribution in [3.05, 3.63) is 83.7 Å². The first-order chi connectivity index (χ1) is 13.9. The van der Waals surface area contributed by atoms with Crippen LogP contribution in [0.1, 0.15) is 24.0 Å². The highest BCUT2D eigenvalue weighted by Gasteiger charge is 2.44. The highest BCUT2D eigenvalue weighted by Crippen LogP contribution is 2.45. The van der Waals surface area contributed by atoms with E-state index >= 15 is 0 Å². The summed E-state index contributed by atoms with van der Waals surface area (Å²) in [5, 5.41) is 18.2. The molecule has 2 atom stereocenters. The van der Waals surface area contributed by atoms with Crippen LogP contribution in [-0.2, 0) is 12.0 Å². The van der Waals surface area contributed by atoms with Gasteiger partial charge in [0.05, 0.1) is 11.8 Å². The molecular weight excluding hydrogens is 374 g/mol. The zero-order valence-corrected chi connectivity index (χ0v) is 15.9. The number of rotatable bonds is 8. The van der Waals surface area contributed by atoms with Crippen molar-refractivity contribution in [2.24, 2.45) is 5.73 Å². The van der Waals surface area contributed by atoms with Gasteiger partial charge in [-0.1, -0.05) is 12.1 Å². The Morgan fingerprint density at radius 1 is 1.14 bits per heavy atom. The van der Waals surface area contributed by atoms with Gasteiger partial charge < -0.3 is 16.2 Å². The van der Waals surface area contributed by atoms with Gasteiger partial charge in [0.15, 0.2) is 0 Å². The Morgan fingerprint density at radius 2 is 1.90 bits per heavy atom. The molecule has 1 saturated carbocycles. The third kappa shape index (κ3) is 4.53. The molecule has 4 N–H and O–H groups in total. The van der Waals surface area contributed by atoms with Gasteiger partial charge in [-0.3, -0.25) is 0 Å². The second-order valence-corrected chi connectivity index (χ2v) is 7.68. The van der Waals surface area contributed by atoms with Gasteiger partial charge in [-0.15, -0.1) is 0 Å². The predicted molar refractivity (Wildman–Crippen MR) is 107 cm³/mol. The van der Waals surface area contributed by atoms with Gasteiger partial charge in [0.25, 0.3) is 0 Å². The maximum atomic E-state index is 13.4. The number of aliphatic hydroxyl groups excluding tert-OH is 1. The molecule has 1 aliphatic carbocycles. The van der Waals surface area contributed by atoms with Gasteiger partial charge >= 0.3 is 0 Å². The summed E-state index contributed by atoms with van der Waals surface area (Å²) in [6.45, 7) is 0.297. The van der Waals surface area contributed by atoms with Crippen molar-refractivity contribution in [3.63, 3.8) is 0 Å². The van der Waals surface area contributed by atoms with Crippen LogP contribution in [0.25, 0.3) is 5.69 Å². The lowest BCUT2D eigenvalue weighted by molar-refractivity contribution is 0.136. The van der Waals surface area contributed by atoms with E-state index in [4.69, 9.17) is 5.73 Å². The Morgan fingerprint density at radius 3 is 2.55 bits per heavy atom. The molecule has 7 heteroatoms. The van der Waals surface area contributed by atoms with Crippen molar-refractivity contribution >= 4 is 0 Å². The SMILES string of the molecule is NC(Cc1cc(F)cc(F)c1)C(O)CNC1(c2cccc(-n3cccn3)c2)CC1. The molecule has 0 radical (unpaired) electrons. The Hall–Kier alpha value is -2.61. The summed E-state index contributed by atoms with van der Waals surface area (Å²) in [4.78, 5) is 0. The third-order valence-corrected chi connectivity index (χ3v) is 5.46. The molecule has 152 valence electrons. The van der Waals surface area contributed by atoms with Gasteiger partial charge in [0.2, 0.25) is 0 Å². The van der Waals surface area contributed by atoms with E-state index in [0.717, 1.165) is 30.2 Å². The van der Waals surface area contributed by atoms with Gasteiger partial charge in [0.1, 0.15) is 11.6 Å². The summed E-state index contributed by atoms with van der Waals surface area (Å²) in [6.07, 6.45) is 4.91. The quantitative estimate of drug-likeness (QED) is 0.545. The van der Waals surface area contributed by atoms with Crippen LogP contribution in [-0.4, -0.2) is 33.6 Å². The molecule has 29 heavy (non-hydrogen) atoms. The molecule has 0 spiro atoms. The molecule has 1 aliphatic rings. The number of halogens is 2. The lowest BCUT2D eigenvalue weighted by Crippen LogP contribution is -2.45. The third-order valence-electron chi connectivity index (χ3n) is 5.46. The molecule has 1 heterocycles. The zero-order chi connectivity index (χ0) is 20.4. The Bertz CT molecular complexity index is 952. The molecule has 5 nitrogen and oxygen atoms in total. The van der Waals surface area contributed by atoms with Gasteiger partial charge in [-0.25, -0.2) is 13.5 Å². The lowest BCUT2D eigenvalue weighted by Gasteiger charge is -2.24. The minimum absolute atomic E-state index is 0.186. The van der Waals surface area contributed by atoms with Crippen LogP contribution in [0.5, 0.6) is 0 Å². The van der Waals surface area contributed by atoms with Crippen molar-refractivity contribution in [1.29, 1.82) is 0 Å². The number of nitrogens with two attached hydrogens (primary N) is 1. The summed E-state index contributed by atoms with van der Waals surface area (Å²) >= 11 is 0. The maximum Gasteiger partial charge on any atom is 0.126 e. The van der Waals surface area contributed by atoms with E-state index in [1.807, 2.05) is 29.1 Å². The standard InChI is InChI=1S/C22H24F2N4O/c23-17-9-15(10-18(24)13-17)11-20(25)21(29)14-26-22(5-6-22)16-3-1-4-19(12-16)28-8-2-7-27-28/h1-4,7-10,12-13,20-21,26,29H,5-6,11,14,25H2. The van der Waals surface area contributed by atoms with E-state index in [0.29, 0.717) is 12.1 Å². The Balaban J connectivity index is 1.38. The molecule has 2 aromatic carbocycles. The van der Waals surface area contributed by atoms with Crippen LogP contribution < -0.4 is 11.1 Å². The molecule has 4 rings (SSSR count). The van der Waals surface area contributed by atoms with Crippen LogP contribution in [0.4, 0.5) is 8.78 Å². The zero-order valence-electron chi connectivity index (χ0n) is 15.9. The van der Waals surface area contributed by atoms with Crippen molar-refractivity contribution < 1.29 is 13.9 Å². The lowest BCUT2D eigenvalue weighted by atomic mass is 10.00. The normalized spacial score (nSPS) is 17.1. The molecule has 3 aromatic rings. The fourth-order valence-corrected chi connectivity index (χ4v) is 3.65. The summed E-state index contributed by atoms with van der Waals surface area (Å²) in [7, 11) is 0. The number of hydrogen-bond donors (Lipinski definition) is 3. The van der Waals surface area contributed by atoms with Gasteiger partial charge in [0, 0.05) is 36.6 Å². The number of nitrogens with one attached hydrogen (secondary N) is 1. The number of aliphatic hydroxyl groups is 1. The maximum absolute atomic E-state index is 13.4. The smallest absolute Gasteiger partial charge is 0.126 e. The monoisotopic (exact) mass is 398 g/mol. The second kappa shape index (κ2) is 8.02. The average molecular weight is 398 g/mol. The van der Waals surface area contributed by atoms with E-state index in [9.17, 15) is 13.9 Å². The van der Waals surface area contributed by atoms with E-state index in [1.165, 1.54) is 12.1 Å². The predicted octanol–water partition coefficient (Wildman–Crippen LogP) is 2.66. The van der Waals surface area contributed by atoms with E-state index in [2.05, 4.69) is 22.5 Å². The Kier molecular flexibility index (Phi) is 5.45. The van der Waals surface area contributed by atoms with Crippen molar-refractivity contribution in [3.8, 4) is 5.69 Å².